The molecule has 2 aromatic carbocycles. The second-order valence-electron chi connectivity index (χ2n) is 7.04. The number of oxazole rings is 1. The summed E-state index contributed by atoms with van der Waals surface area (Å²) in [5.74, 6) is 1.48. The Kier molecular flexibility index (Phi) is 5.58. The van der Waals surface area contributed by atoms with Crippen LogP contribution < -0.4 is 0 Å². The third-order valence-corrected chi connectivity index (χ3v) is 4.65. The van der Waals surface area contributed by atoms with Crippen molar-refractivity contribution in [3.05, 3.63) is 60.2 Å². The number of nitrogens with zero attached hydrogens (tertiary/aromatic N) is 4. The van der Waals surface area contributed by atoms with Crippen LogP contribution in [-0.4, -0.2) is 19.7 Å². The van der Waals surface area contributed by atoms with Crippen molar-refractivity contribution in [1.82, 2.24) is 19.7 Å². The van der Waals surface area contributed by atoms with Gasteiger partial charge in [0, 0.05) is 31.3 Å². The Bertz CT molecular complexity index is 1040. The molecule has 0 aliphatic carbocycles. The summed E-state index contributed by atoms with van der Waals surface area (Å²) >= 11 is 0. The molecular weight excluding hydrogens is 516 g/mol. The van der Waals surface area contributed by atoms with Gasteiger partial charge in [0.25, 0.3) is 0 Å². The summed E-state index contributed by atoms with van der Waals surface area (Å²) in [6.07, 6.45) is 3.22. The molecule has 141 valence electrons. The van der Waals surface area contributed by atoms with Gasteiger partial charge in [-0.3, -0.25) is 4.98 Å². The molecule has 0 amide bonds. The van der Waals surface area contributed by atoms with Crippen LogP contribution >= 0.6 is 0 Å². The molecule has 4 aromatic rings. The zero-order valence-corrected chi connectivity index (χ0v) is 18.1. The van der Waals surface area contributed by atoms with E-state index in [1.165, 1.54) is 17.5 Å². The molecule has 0 saturated heterocycles. The van der Waals surface area contributed by atoms with Crippen LogP contribution in [0.25, 0.3) is 28.2 Å². The van der Waals surface area contributed by atoms with E-state index < -0.39 is 0 Å². The second kappa shape index (κ2) is 7.75. The maximum Gasteiger partial charge on any atom is 0.170 e. The van der Waals surface area contributed by atoms with E-state index in [1.54, 1.807) is 6.33 Å². The maximum atomic E-state index is 5.44. The molecule has 0 saturated carbocycles. The van der Waals surface area contributed by atoms with Crippen LogP contribution in [-0.2, 0) is 20.1 Å². The summed E-state index contributed by atoms with van der Waals surface area (Å²) in [6, 6.07) is 13.4. The van der Waals surface area contributed by atoms with Crippen LogP contribution in [0.15, 0.2) is 47.5 Å². The standard InChI is InChI=1S/C21H21N4O.Ir/c1-13(2)15-7-5-8-16(14(3)4)20(15)25-11-23-24-21(25)17-9-6-10-18-19(17)22-12-26-18;/h5-8,10-14H,1-4H3;/q-1;. The molecular formula is C21H21IrN4O-. The van der Waals surface area contributed by atoms with Gasteiger partial charge in [0.1, 0.15) is 6.33 Å². The van der Waals surface area contributed by atoms with Crippen molar-refractivity contribution in [2.24, 2.45) is 0 Å². The molecule has 2 heterocycles. The second-order valence-corrected chi connectivity index (χ2v) is 7.04. The SMILES string of the molecule is CC(C)c1cccc(C(C)C)c1-n1cnnc1-c1[c-]ccc2ocnc12.[Ir]. The zero-order valence-electron chi connectivity index (χ0n) is 15.7. The minimum Gasteiger partial charge on any atom is -0.464 e. The summed E-state index contributed by atoms with van der Waals surface area (Å²) in [6.45, 7) is 8.82. The molecule has 0 aliphatic rings. The summed E-state index contributed by atoms with van der Waals surface area (Å²) in [5, 5.41) is 8.60. The quantitative estimate of drug-likeness (QED) is 0.339. The number of aromatic nitrogens is 4. The third kappa shape index (κ3) is 3.35. The Morgan fingerprint density at radius 1 is 1.04 bits per heavy atom. The molecule has 0 atom stereocenters. The van der Waals surface area contributed by atoms with Gasteiger partial charge in [0.2, 0.25) is 0 Å². The number of hydrogen-bond acceptors (Lipinski definition) is 4. The van der Waals surface area contributed by atoms with Gasteiger partial charge in [-0.05, 0) is 23.0 Å². The van der Waals surface area contributed by atoms with Crippen LogP contribution in [0.2, 0.25) is 0 Å². The van der Waals surface area contributed by atoms with Crippen LogP contribution in [0.1, 0.15) is 50.7 Å². The molecule has 4 rings (SSSR count). The Balaban J connectivity index is 0.00000210. The minimum atomic E-state index is 0. The van der Waals surface area contributed by atoms with Crippen molar-refractivity contribution in [2.45, 2.75) is 39.5 Å². The minimum absolute atomic E-state index is 0. The zero-order chi connectivity index (χ0) is 18.3. The average molecular weight is 538 g/mol. The molecule has 0 unspecified atom stereocenters. The molecule has 5 nitrogen and oxygen atoms in total. The number of fused-ring (bicyclic) bond motifs is 1. The first-order valence-electron chi connectivity index (χ1n) is 8.85. The third-order valence-electron chi connectivity index (χ3n) is 4.65. The summed E-state index contributed by atoms with van der Waals surface area (Å²) in [7, 11) is 0. The number of rotatable bonds is 4. The number of benzene rings is 2. The van der Waals surface area contributed by atoms with Crippen molar-refractivity contribution in [1.29, 1.82) is 0 Å². The Hall–Kier alpha value is -2.30. The molecule has 2 aromatic heterocycles. The van der Waals surface area contributed by atoms with Crippen molar-refractivity contribution in [3.63, 3.8) is 0 Å². The number of para-hydroxylation sites is 1. The van der Waals surface area contributed by atoms with E-state index in [0.717, 1.165) is 28.2 Å². The van der Waals surface area contributed by atoms with Crippen LogP contribution in [0.4, 0.5) is 0 Å². The fourth-order valence-corrected chi connectivity index (χ4v) is 3.36. The number of hydrogen-bond donors (Lipinski definition) is 0. The first-order valence-corrected chi connectivity index (χ1v) is 8.85. The van der Waals surface area contributed by atoms with Gasteiger partial charge in [-0.2, -0.15) is 5.10 Å². The van der Waals surface area contributed by atoms with E-state index in [1.807, 2.05) is 12.1 Å². The van der Waals surface area contributed by atoms with E-state index in [-0.39, 0.29) is 20.1 Å². The average Bonchev–Trinajstić information content (AvgIpc) is 3.29. The van der Waals surface area contributed by atoms with Crippen molar-refractivity contribution in [3.8, 4) is 17.1 Å². The van der Waals surface area contributed by atoms with Gasteiger partial charge >= 0.3 is 0 Å². The van der Waals surface area contributed by atoms with E-state index in [4.69, 9.17) is 4.42 Å². The van der Waals surface area contributed by atoms with Gasteiger partial charge in [-0.25, -0.2) is 0 Å². The van der Waals surface area contributed by atoms with Gasteiger partial charge in [-0.15, -0.1) is 17.2 Å². The molecule has 0 bridgehead atoms. The van der Waals surface area contributed by atoms with Gasteiger partial charge < -0.3 is 8.98 Å². The first kappa shape index (κ1) is 19.5. The van der Waals surface area contributed by atoms with Crippen LogP contribution in [0.5, 0.6) is 0 Å². The van der Waals surface area contributed by atoms with E-state index >= 15 is 0 Å². The summed E-state index contributed by atoms with van der Waals surface area (Å²) in [5.41, 5.74) is 5.94. The fourth-order valence-electron chi connectivity index (χ4n) is 3.36. The smallest absolute Gasteiger partial charge is 0.170 e. The molecule has 6 heteroatoms. The molecule has 1 radical (unpaired) electrons. The fraction of sp³-hybridized carbons (Fsp3) is 0.286. The normalized spacial score (nSPS) is 11.3. The van der Waals surface area contributed by atoms with Crippen molar-refractivity contribution < 1.29 is 24.5 Å². The molecule has 0 spiro atoms. The van der Waals surface area contributed by atoms with E-state index in [9.17, 15) is 0 Å². The first-order chi connectivity index (χ1) is 12.6. The van der Waals surface area contributed by atoms with E-state index in [2.05, 4.69) is 71.7 Å². The van der Waals surface area contributed by atoms with Gasteiger partial charge in [0.15, 0.2) is 6.39 Å². The molecule has 0 N–H and O–H groups in total. The maximum absolute atomic E-state index is 5.44. The Morgan fingerprint density at radius 3 is 2.41 bits per heavy atom. The summed E-state index contributed by atoms with van der Waals surface area (Å²) < 4.78 is 7.50. The van der Waals surface area contributed by atoms with E-state index in [0.29, 0.717) is 11.8 Å². The Morgan fingerprint density at radius 2 is 1.74 bits per heavy atom. The van der Waals surface area contributed by atoms with Gasteiger partial charge in [0.05, 0.1) is 11.4 Å². The topological polar surface area (TPSA) is 56.7 Å². The predicted octanol–water partition coefficient (Wildman–Crippen LogP) is 5.12. The predicted molar refractivity (Wildman–Crippen MR) is 101 cm³/mol. The van der Waals surface area contributed by atoms with Crippen LogP contribution in [0.3, 0.4) is 0 Å². The van der Waals surface area contributed by atoms with Crippen molar-refractivity contribution in [2.75, 3.05) is 0 Å². The largest absolute Gasteiger partial charge is 0.464 e. The summed E-state index contributed by atoms with van der Waals surface area (Å²) in [4.78, 5) is 4.35. The van der Waals surface area contributed by atoms with Crippen LogP contribution in [0, 0.1) is 6.07 Å². The molecule has 0 aliphatic heterocycles. The van der Waals surface area contributed by atoms with Crippen molar-refractivity contribution >= 4 is 11.1 Å². The monoisotopic (exact) mass is 538 g/mol. The molecule has 0 fully saturated rings. The Labute approximate surface area is 172 Å². The van der Waals surface area contributed by atoms with Gasteiger partial charge in [-0.1, -0.05) is 57.5 Å². The molecule has 27 heavy (non-hydrogen) atoms.